The van der Waals surface area contributed by atoms with E-state index >= 15 is 0 Å². The monoisotopic (exact) mass is 235 g/mol. The van der Waals surface area contributed by atoms with Gasteiger partial charge in [-0.1, -0.05) is 25.0 Å². The molecule has 1 aliphatic rings. The third-order valence-corrected chi connectivity index (χ3v) is 3.53. The van der Waals surface area contributed by atoms with Crippen LogP contribution in [0, 0.1) is 5.92 Å². The Morgan fingerprint density at radius 2 is 2.00 bits per heavy atom. The number of hydrogen-bond donors (Lipinski definition) is 2. The first kappa shape index (κ1) is 12.4. The second kappa shape index (κ2) is 5.52. The molecule has 3 N–H and O–H groups in total. The molecule has 94 valence electrons. The molecule has 0 spiro atoms. The summed E-state index contributed by atoms with van der Waals surface area (Å²) in [6, 6.07) is 7.82. The zero-order valence-electron chi connectivity index (χ0n) is 10.3. The lowest BCUT2D eigenvalue weighted by molar-refractivity contribution is 0.129. The Balaban J connectivity index is 2.04. The van der Waals surface area contributed by atoms with Crippen molar-refractivity contribution in [3.05, 3.63) is 29.8 Å². The van der Waals surface area contributed by atoms with Gasteiger partial charge in [-0.3, -0.25) is 0 Å². The number of rotatable bonds is 6. The van der Waals surface area contributed by atoms with Gasteiger partial charge >= 0.3 is 0 Å². The summed E-state index contributed by atoms with van der Waals surface area (Å²) in [6.07, 6.45) is 3.09. The van der Waals surface area contributed by atoms with Gasteiger partial charge in [0.15, 0.2) is 0 Å². The highest BCUT2D eigenvalue weighted by atomic mass is 16.5. The number of benzene rings is 1. The molecule has 0 amide bonds. The van der Waals surface area contributed by atoms with Crippen molar-refractivity contribution in [2.24, 2.45) is 11.7 Å². The lowest BCUT2D eigenvalue weighted by Gasteiger charge is -2.22. The van der Waals surface area contributed by atoms with Crippen molar-refractivity contribution in [1.29, 1.82) is 0 Å². The summed E-state index contributed by atoms with van der Waals surface area (Å²) in [5.41, 5.74) is 6.88. The van der Waals surface area contributed by atoms with E-state index in [1.807, 2.05) is 24.3 Å². The van der Waals surface area contributed by atoms with Crippen LogP contribution < -0.4 is 10.5 Å². The van der Waals surface area contributed by atoms with Gasteiger partial charge < -0.3 is 15.6 Å². The van der Waals surface area contributed by atoms with Crippen LogP contribution in [0.1, 0.15) is 30.7 Å². The molecule has 0 aliphatic heterocycles. The molecule has 2 unspecified atom stereocenters. The maximum atomic E-state index is 10.2. The zero-order valence-corrected chi connectivity index (χ0v) is 10.3. The van der Waals surface area contributed by atoms with E-state index in [9.17, 15) is 5.11 Å². The third kappa shape index (κ3) is 3.20. The minimum absolute atomic E-state index is 0.0431. The zero-order chi connectivity index (χ0) is 12.3. The van der Waals surface area contributed by atoms with E-state index in [2.05, 4.69) is 0 Å². The van der Waals surface area contributed by atoms with Crippen molar-refractivity contribution in [1.82, 2.24) is 0 Å². The topological polar surface area (TPSA) is 55.5 Å². The van der Waals surface area contributed by atoms with E-state index in [0.717, 1.165) is 23.7 Å². The van der Waals surface area contributed by atoms with Crippen LogP contribution in [0.25, 0.3) is 0 Å². The van der Waals surface area contributed by atoms with Crippen molar-refractivity contribution in [2.45, 2.75) is 31.3 Å². The lowest BCUT2D eigenvalue weighted by atomic mass is 9.90. The van der Waals surface area contributed by atoms with Crippen LogP contribution in [0.15, 0.2) is 24.3 Å². The van der Waals surface area contributed by atoms with Crippen LogP contribution in [-0.2, 0) is 0 Å². The lowest BCUT2D eigenvalue weighted by Crippen LogP contribution is -2.26. The first-order chi connectivity index (χ1) is 8.24. The molecule has 2 atom stereocenters. The molecule has 17 heavy (non-hydrogen) atoms. The van der Waals surface area contributed by atoms with Crippen LogP contribution >= 0.6 is 0 Å². The van der Waals surface area contributed by atoms with Crippen molar-refractivity contribution < 1.29 is 9.84 Å². The van der Waals surface area contributed by atoms with E-state index < -0.39 is 0 Å². The SMILES string of the molecule is COc1ccc(C(CN)C(O)CC2CC2)cc1. The van der Waals surface area contributed by atoms with E-state index in [4.69, 9.17) is 10.5 Å². The highest BCUT2D eigenvalue weighted by Crippen LogP contribution is 2.36. The molecule has 1 aromatic rings. The predicted octanol–water partition coefficient (Wildman–Crippen LogP) is 1.90. The first-order valence-electron chi connectivity index (χ1n) is 6.26. The fraction of sp³-hybridized carbons (Fsp3) is 0.571. The highest BCUT2D eigenvalue weighted by molar-refractivity contribution is 5.30. The van der Waals surface area contributed by atoms with Gasteiger partial charge in [0, 0.05) is 12.5 Å². The average molecular weight is 235 g/mol. The smallest absolute Gasteiger partial charge is 0.118 e. The van der Waals surface area contributed by atoms with Crippen LogP contribution in [0.2, 0.25) is 0 Å². The van der Waals surface area contributed by atoms with Gasteiger partial charge in [0.1, 0.15) is 5.75 Å². The van der Waals surface area contributed by atoms with Crippen LogP contribution in [0.3, 0.4) is 0 Å². The van der Waals surface area contributed by atoms with E-state index in [-0.39, 0.29) is 12.0 Å². The average Bonchev–Trinajstić information content (AvgIpc) is 3.15. The van der Waals surface area contributed by atoms with E-state index in [1.165, 1.54) is 12.8 Å². The molecule has 1 aliphatic carbocycles. The van der Waals surface area contributed by atoms with Gasteiger partial charge in [-0.2, -0.15) is 0 Å². The second-order valence-electron chi connectivity index (χ2n) is 4.86. The fourth-order valence-electron chi connectivity index (χ4n) is 2.23. The third-order valence-electron chi connectivity index (χ3n) is 3.53. The molecular weight excluding hydrogens is 214 g/mol. The van der Waals surface area contributed by atoms with Gasteiger partial charge in [0.05, 0.1) is 13.2 Å². The molecule has 0 aromatic heterocycles. The number of hydrogen-bond acceptors (Lipinski definition) is 3. The first-order valence-corrected chi connectivity index (χ1v) is 6.26. The molecule has 3 nitrogen and oxygen atoms in total. The van der Waals surface area contributed by atoms with Crippen molar-refractivity contribution in [3.8, 4) is 5.75 Å². The van der Waals surface area contributed by atoms with Crippen LogP contribution in [-0.4, -0.2) is 24.9 Å². The van der Waals surface area contributed by atoms with Crippen molar-refractivity contribution in [2.75, 3.05) is 13.7 Å². The predicted molar refractivity (Wildman–Crippen MR) is 68.1 cm³/mol. The maximum absolute atomic E-state index is 10.2. The number of methoxy groups -OCH3 is 1. The Morgan fingerprint density at radius 3 is 2.47 bits per heavy atom. The molecule has 2 rings (SSSR count). The minimum atomic E-state index is -0.319. The summed E-state index contributed by atoms with van der Waals surface area (Å²) < 4.78 is 5.12. The summed E-state index contributed by atoms with van der Waals surface area (Å²) >= 11 is 0. The van der Waals surface area contributed by atoms with Crippen molar-refractivity contribution in [3.63, 3.8) is 0 Å². The highest BCUT2D eigenvalue weighted by Gasteiger charge is 2.28. The summed E-state index contributed by atoms with van der Waals surface area (Å²) in [5.74, 6) is 1.60. The Kier molecular flexibility index (Phi) is 4.02. The van der Waals surface area contributed by atoms with Gasteiger partial charge in [0.25, 0.3) is 0 Å². The summed E-state index contributed by atoms with van der Waals surface area (Å²) in [5, 5.41) is 10.2. The van der Waals surface area contributed by atoms with Crippen LogP contribution in [0.4, 0.5) is 0 Å². The molecule has 0 heterocycles. The summed E-state index contributed by atoms with van der Waals surface area (Å²) in [7, 11) is 1.65. The molecule has 0 saturated heterocycles. The molecule has 1 saturated carbocycles. The molecule has 1 aromatic carbocycles. The van der Waals surface area contributed by atoms with Gasteiger partial charge in [-0.15, -0.1) is 0 Å². The summed E-state index contributed by atoms with van der Waals surface area (Å²) in [4.78, 5) is 0. The number of ether oxygens (including phenoxy) is 1. The van der Waals surface area contributed by atoms with Gasteiger partial charge in [-0.25, -0.2) is 0 Å². The quantitative estimate of drug-likeness (QED) is 0.791. The number of aliphatic hydroxyl groups excluding tert-OH is 1. The number of aliphatic hydroxyl groups is 1. The Labute approximate surface area is 103 Å². The van der Waals surface area contributed by atoms with Gasteiger partial charge in [-0.05, 0) is 30.0 Å². The second-order valence-corrected chi connectivity index (χ2v) is 4.86. The molecular formula is C14H21NO2. The Hall–Kier alpha value is -1.06. The van der Waals surface area contributed by atoms with E-state index in [1.54, 1.807) is 7.11 Å². The molecule has 3 heteroatoms. The van der Waals surface area contributed by atoms with Crippen molar-refractivity contribution >= 4 is 0 Å². The van der Waals surface area contributed by atoms with Crippen LogP contribution in [0.5, 0.6) is 5.75 Å². The molecule has 0 radical (unpaired) electrons. The minimum Gasteiger partial charge on any atom is -0.497 e. The number of nitrogens with two attached hydrogens (primary N) is 1. The Morgan fingerprint density at radius 1 is 1.35 bits per heavy atom. The normalized spacial score (nSPS) is 18.8. The Bertz CT molecular complexity index is 346. The standard InChI is InChI=1S/C14H21NO2/c1-17-12-6-4-11(5-7-12)13(9-15)14(16)8-10-2-3-10/h4-7,10,13-14,16H,2-3,8-9,15H2,1H3. The largest absolute Gasteiger partial charge is 0.497 e. The van der Waals surface area contributed by atoms with Gasteiger partial charge in [0.2, 0.25) is 0 Å². The fourth-order valence-corrected chi connectivity index (χ4v) is 2.23. The summed E-state index contributed by atoms with van der Waals surface area (Å²) in [6.45, 7) is 0.486. The van der Waals surface area contributed by atoms with E-state index in [0.29, 0.717) is 6.54 Å². The molecule has 1 fully saturated rings. The molecule has 0 bridgehead atoms. The maximum Gasteiger partial charge on any atom is 0.118 e.